The maximum atomic E-state index is 14.0. The molecule has 0 saturated carbocycles. The molecule has 0 bridgehead atoms. The maximum absolute atomic E-state index is 14.0. The third-order valence-electron chi connectivity index (χ3n) is 9.07. The fraction of sp³-hybridized carbons (Fsp3) is 0.576. The summed E-state index contributed by atoms with van der Waals surface area (Å²) in [6, 6.07) is 10.7. The highest BCUT2D eigenvalue weighted by molar-refractivity contribution is 6.04. The van der Waals surface area contributed by atoms with Gasteiger partial charge in [-0.15, -0.1) is 0 Å². The SMILES string of the molecule is CCCc1[nH]nc2cc(C)c(C(=O)C3(C)CCc4ccc(OCCCC5CCCN(C)CC5)cc4C3)cc12. The zero-order valence-corrected chi connectivity index (χ0v) is 23.9. The quantitative estimate of drug-likeness (QED) is 0.244. The molecular formula is C33H45N3O2. The fourth-order valence-corrected chi connectivity index (χ4v) is 6.60. The van der Waals surface area contributed by atoms with Gasteiger partial charge in [-0.2, -0.15) is 5.10 Å². The Balaban J connectivity index is 1.24. The normalized spacial score (nSPS) is 22.3. The summed E-state index contributed by atoms with van der Waals surface area (Å²) in [5.74, 6) is 2.04. The number of rotatable bonds is 9. The summed E-state index contributed by atoms with van der Waals surface area (Å²) >= 11 is 0. The number of H-pyrrole nitrogens is 1. The lowest BCUT2D eigenvalue weighted by molar-refractivity contribution is 0.0792. The van der Waals surface area contributed by atoms with Crippen LogP contribution in [0.5, 0.6) is 5.75 Å². The van der Waals surface area contributed by atoms with Gasteiger partial charge in [-0.3, -0.25) is 9.89 Å². The predicted molar refractivity (Wildman–Crippen MR) is 155 cm³/mol. The highest BCUT2D eigenvalue weighted by Crippen LogP contribution is 2.40. The highest BCUT2D eigenvalue weighted by Gasteiger charge is 2.38. The summed E-state index contributed by atoms with van der Waals surface area (Å²) in [5.41, 5.74) is 6.16. The van der Waals surface area contributed by atoms with Crippen LogP contribution in [0.15, 0.2) is 30.3 Å². The lowest BCUT2D eigenvalue weighted by Gasteiger charge is -2.34. The van der Waals surface area contributed by atoms with Gasteiger partial charge in [0.15, 0.2) is 5.78 Å². The van der Waals surface area contributed by atoms with Gasteiger partial charge < -0.3 is 9.64 Å². The molecule has 2 atom stereocenters. The summed E-state index contributed by atoms with van der Waals surface area (Å²) < 4.78 is 6.22. The molecule has 2 aliphatic rings. The lowest BCUT2D eigenvalue weighted by Crippen LogP contribution is -2.34. The minimum absolute atomic E-state index is 0.256. The standard InChI is InChI=1S/C33H45N3O2/c1-5-8-30-29-21-28(23(2)19-31(29)35-34-30)32(37)33(3)15-13-25-11-12-27(20-26(25)22-33)38-18-7-10-24-9-6-16-36(4)17-14-24/h11-12,19-21,24H,5-10,13-18,22H2,1-4H3,(H,34,35). The summed E-state index contributed by atoms with van der Waals surface area (Å²) in [6.45, 7) is 9.60. The smallest absolute Gasteiger partial charge is 0.169 e. The van der Waals surface area contributed by atoms with E-state index >= 15 is 0 Å². The molecule has 5 nitrogen and oxygen atoms in total. The van der Waals surface area contributed by atoms with E-state index in [0.29, 0.717) is 0 Å². The van der Waals surface area contributed by atoms with Gasteiger partial charge in [0.2, 0.25) is 0 Å². The number of fused-ring (bicyclic) bond motifs is 2. The van der Waals surface area contributed by atoms with Crippen molar-refractivity contribution in [3.63, 3.8) is 0 Å². The van der Waals surface area contributed by atoms with E-state index in [9.17, 15) is 4.79 Å². The Bertz CT molecular complexity index is 1280. The molecule has 1 N–H and O–H groups in total. The average Bonchev–Trinajstić information content (AvgIpc) is 3.16. The van der Waals surface area contributed by atoms with Gasteiger partial charge in [0.05, 0.1) is 12.1 Å². The Kier molecular flexibility index (Phi) is 8.23. The molecule has 2 heterocycles. The average molecular weight is 516 g/mol. The van der Waals surface area contributed by atoms with Crippen LogP contribution in [-0.4, -0.2) is 47.6 Å². The van der Waals surface area contributed by atoms with Crippen molar-refractivity contribution in [2.24, 2.45) is 11.3 Å². The maximum Gasteiger partial charge on any atom is 0.169 e. The van der Waals surface area contributed by atoms with Gasteiger partial charge in [-0.1, -0.05) is 26.3 Å². The molecule has 204 valence electrons. The molecule has 1 fully saturated rings. The van der Waals surface area contributed by atoms with Crippen LogP contribution < -0.4 is 4.74 Å². The minimum atomic E-state index is -0.411. The number of ketones is 1. The van der Waals surface area contributed by atoms with E-state index in [2.05, 4.69) is 66.3 Å². The number of carbonyl (C=O) groups is 1. The number of aromatic amines is 1. The number of aromatic nitrogens is 2. The molecule has 1 saturated heterocycles. The Morgan fingerprint density at radius 2 is 2.05 bits per heavy atom. The van der Waals surface area contributed by atoms with E-state index in [0.717, 1.165) is 84.5 Å². The first-order valence-corrected chi connectivity index (χ1v) is 14.8. The molecule has 1 aliphatic carbocycles. The Hall–Kier alpha value is -2.66. The number of carbonyl (C=O) groups excluding carboxylic acids is 1. The number of benzene rings is 2. The molecular weight excluding hydrogens is 470 g/mol. The minimum Gasteiger partial charge on any atom is -0.494 e. The molecule has 5 rings (SSSR count). The second-order valence-corrected chi connectivity index (χ2v) is 12.2. The van der Waals surface area contributed by atoms with Crippen LogP contribution in [0.25, 0.3) is 10.9 Å². The highest BCUT2D eigenvalue weighted by atomic mass is 16.5. The first-order valence-electron chi connectivity index (χ1n) is 14.8. The fourth-order valence-electron chi connectivity index (χ4n) is 6.60. The number of likely N-dealkylation sites (tertiary alicyclic amines) is 1. The van der Waals surface area contributed by atoms with Crippen LogP contribution >= 0.6 is 0 Å². The molecule has 0 spiro atoms. The molecule has 38 heavy (non-hydrogen) atoms. The monoisotopic (exact) mass is 515 g/mol. The van der Waals surface area contributed by atoms with Gasteiger partial charge in [0, 0.05) is 22.1 Å². The van der Waals surface area contributed by atoms with Crippen molar-refractivity contribution in [1.29, 1.82) is 0 Å². The van der Waals surface area contributed by atoms with Crippen LogP contribution in [0.3, 0.4) is 0 Å². The summed E-state index contributed by atoms with van der Waals surface area (Å²) in [6.07, 6.45) is 10.9. The molecule has 1 aliphatic heterocycles. The predicted octanol–water partition coefficient (Wildman–Crippen LogP) is 7.09. The van der Waals surface area contributed by atoms with Gasteiger partial charge in [0.1, 0.15) is 5.75 Å². The van der Waals surface area contributed by atoms with Crippen LogP contribution in [-0.2, 0) is 19.3 Å². The van der Waals surface area contributed by atoms with Crippen molar-refractivity contribution in [3.05, 3.63) is 58.3 Å². The molecule has 0 amide bonds. The van der Waals surface area contributed by atoms with Crippen molar-refractivity contribution in [3.8, 4) is 5.75 Å². The first-order chi connectivity index (χ1) is 18.4. The summed E-state index contributed by atoms with van der Waals surface area (Å²) in [4.78, 5) is 16.5. The zero-order chi connectivity index (χ0) is 26.7. The first kappa shape index (κ1) is 26.9. The van der Waals surface area contributed by atoms with E-state index in [1.165, 1.54) is 49.9 Å². The second-order valence-electron chi connectivity index (χ2n) is 12.2. The van der Waals surface area contributed by atoms with E-state index in [4.69, 9.17) is 4.74 Å². The van der Waals surface area contributed by atoms with Gasteiger partial charge in [-0.05, 0) is 132 Å². The van der Waals surface area contributed by atoms with E-state index < -0.39 is 5.41 Å². The van der Waals surface area contributed by atoms with Crippen molar-refractivity contribution >= 4 is 16.7 Å². The Morgan fingerprint density at radius 3 is 2.89 bits per heavy atom. The number of ether oxygens (including phenoxy) is 1. The van der Waals surface area contributed by atoms with Gasteiger partial charge >= 0.3 is 0 Å². The topological polar surface area (TPSA) is 58.2 Å². The number of hydrogen-bond donors (Lipinski definition) is 1. The van der Waals surface area contributed by atoms with Crippen molar-refractivity contribution in [2.75, 3.05) is 26.7 Å². The van der Waals surface area contributed by atoms with Gasteiger partial charge in [0.25, 0.3) is 0 Å². The van der Waals surface area contributed by atoms with Crippen molar-refractivity contribution < 1.29 is 9.53 Å². The largest absolute Gasteiger partial charge is 0.494 e. The molecule has 5 heteroatoms. The molecule has 2 aromatic carbocycles. The number of hydrogen-bond acceptors (Lipinski definition) is 4. The molecule has 2 unspecified atom stereocenters. The molecule has 1 aromatic heterocycles. The Morgan fingerprint density at radius 1 is 1.18 bits per heavy atom. The lowest BCUT2D eigenvalue weighted by atomic mass is 9.68. The molecule has 3 aromatic rings. The molecule has 0 radical (unpaired) electrons. The zero-order valence-electron chi connectivity index (χ0n) is 23.9. The summed E-state index contributed by atoms with van der Waals surface area (Å²) in [5, 5.41) is 8.75. The summed E-state index contributed by atoms with van der Waals surface area (Å²) in [7, 11) is 2.24. The number of Topliss-reactive ketones (excluding diaryl/α,β-unsaturated/α-hetero) is 1. The van der Waals surface area contributed by atoms with Gasteiger partial charge in [-0.25, -0.2) is 0 Å². The van der Waals surface area contributed by atoms with Crippen LogP contribution in [0.4, 0.5) is 0 Å². The second kappa shape index (κ2) is 11.6. The number of aryl methyl sites for hydroxylation is 3. The van der Waals surface area contributed by atoms with Crippen LogP contribution in [0.2, 0.25) is 0 Å². The van der Waals surface area contributed by atoms with Crippen LogP contribution in [0.1, 0.15) is 91.5 Å². The number of nitrogens with zero attached hydrogens (tertiary/aromatic N) is 2. The van der Waals surface area contributed by atoms with E-state index in [1.807, 2.05) is 6.92 Å². The Labute approximate surface area is 228 Å². The number of nitrogens with one attached hydrogen (secondary N) is 1. The van der Waals surface area contributed by atoms with Crippen molar-refractivity contribution in [2.45, 2.75) is 85.0 Å². The third kappa shape index (κ3) is 5.83. The van der Waals surface area contributed by atoms with E-state index in [1.54, 1.807) is 0 Å². The van der Waals surface area contributed by atoms with Crippen LogP contribution in [0, 0.1) is 18.3 Å². The van der Waals surface area contributed by atoms with E-state index in [-0.39, 0.29) is 5.78 Å². The third-order valence-corrected chi connectivity index (χ3v) is 9.07. The van der Waals surface area contributed by atoms with Crippen molar-refractivity contribution in [1.82, 2.24) is 15.1 Å².